The van der Waals surface area contributed by atoms with Gasteiger partial charge >= 0.3 is 0 Å². The van der Waals surface area contributed by atoms with Gasteiger partial charge in [0.1, 0.15) is 5.75 Å². The maximum atomic E-state index is 12.6. The summed E-state index contributed by atoms with van der Waals surface area (Å²) in [6, 6.07) is 5.66. The van der Waals surface area contributed by atoms with E-state index in [2.05, 4.69) is 5.10 Å². The Morgan fingerprint density at radius 1 is 1.28 bits per heavy atom. The van der Waals surface area contributed by atoms with Gasteiger partial charge in [-0.2, -0.15) is 5.10 Å². The predicted octanol–water partition coefficient (Wildman–Crippen LogP) is 2.51. The highest BCUT2D eigenvalue weighted by atomic mass is 32.2. The number of benzene rings is 1. The summed E-state index contributed by atoms with van der Waals surface area (Å²) in [5.41, 5.74) is 4.84. The fourth-order valence-corrected chi connectivity index (χ4v) is 5.40. The molecule has 7 nitrogen and oxygen atoms in total. The second-order valence-electron chi connectivity index (χ2n) is 7.89. The van der Waals surface area contributed by atoms with Gasteiger partial charge in [-0.25, -0.2) is 8.42 Å². The molecule has 0 N–H and O–H groups in total. The SMILES string of the molecule is Cc1cccc(OCC(=O)N(C)Cc2c(C)nn([C@H]3CCS(=O)(=O)C3)c2C)c1C. The summed E-state index contributed by atoms with van der Waals surface area (Å²) in [5, 5.41) is 4.57. The van der Waals surface area contributed by atoms with Gasteiger partial charge in [0.2, 0.25) is 0 Å². The quantitative estimate of drug-likeness (QED) is 0.719. The van der Waals surface area contributed by atoms with Crippen molar-refractivity contribution in [1.82, 2.24) is 14.7 Å². The molecule has 1 aliphatic rings. The van der Waals surface area contributed by atoms with E-state index in [0.717, 1.165) is 33.8 Å². The molecular weight excluding hydrogens is 390 g/mol. The van der Waals surface area contributed by atoms with E-state index < -0.39 is 9.84 Å². The number of sulfone groups is 1. The van der Waals surface area contributed by atoms with E-state index in [1.54, 1.807) is 11.9 Å². The smallest absolute Gasteiger partial charge is 0.260 e. The molecule has 0 saturated carbocycles. The van der Waals surface area contributed by atoms with Gasteiger partial charge in [0.15, 0.2) is 16.4 Å². The van der Waals surface area contributed by atoms with Crippen molar-refractivity contribution in [1.29, 1.82) is 0 Å². The second kappa shape index (κ2) is 8.18. The third-order valence-corrected chi connectivity index (χ3v) is 7.51. The number of carbonyl (C=O) groups excluding carboxylic acids is 1. The lowest BCUT2D eigenvalue weighted by Gasteiger charge is -2.19. The van der Waals surface area contributed by atoms with Crippen molar-refractivity contribution in [3.63, 3.8) is 0 Å². The van der Waals surface area contributed by atoms with Gasteiger partial charge in [0, 0.05) is 24.8 Å². The highest BCUT2D eigenvalue weighted by Gasteiger charge is 2.31. The summed E-state index contributed by atoms with van der Waals surface area (Å²) in [6.07, 6.45) is 0.586. The van der Waals surface area contributed by atoms with Crippen LogP contribution in [0.3, 0.4) is 0 Å². The van der Waals surface area contributed by atoms with Crippen LogP contribution in [-0.2, 0) is 21.2 Å². The maximum Gasteiger partial charge on any atom is 0.260 e. The van der Waals surface area contributed by atoms with Gasteiger partial charge in [0.05, 0.1) is 23.2 Å². The van der Waals surface area contributed by atoms with Crippen LogP contribution in [0.25, 0.3) is 0 Å². The highest BCUT2D eigenvalue weighted by molar-refractivity contribution is 7.91. The summed E-state index contributed by atoms with van der Waals surface area (Å²) in [6.45, 7) is 8.19. The number of amides is 1. The number of hydrogen-bond acceptors (Lipinski definition) is 5. The number of nitrogens with zero attached hydrogens (tertiary/aromatic N) is 3. The minimum absolute atomic E-state index is 0.0338. The zero-order valence-electron chi connectivity index (χ0n) is 17.7. The lowest BCUT2D eigenvalue weighted by Crippen LogP contribution is -2.31. The number of likely N-dealkylation sites (N-methyl/N-ethyl adjacent to an activating group) is 1. The molecule has 3 rings (SSSR count). The van der Waals surface area contributed by atoms with Crippen LogP contribution in [0.15, 0.2) is 18.2 Å². The molecule has 1 aromatic carbocycles. The average molecular weight is 420 g/mol. The maximum absolute atomic E-state index is 12.6. The largest absolute Gasteiger partial charge is 0.483 e. The van der Waals surface area contributed by atoms with Crippen LogP contribution in [0.1, 0.15) is 40.5 Å². The van der Waals surface area contributed by atoms with E-state index in [0.29, 0.717) is 13.0 Å². The van der Waals surface area contributed by atoms with Crippen molar-refractivity contribution < 1.29 is 17.9 Å². The number of aryl methyl sites for hydroxylation is 2. The first kappa shape index (κ1) is 21.4. The molecule has 29 heavy (non-hydrogen) atoms. The summed E-state index contributed by atoms with van der Waals surface area (Å²) in [4.78, 5) is 14.2. The number of hydrogen-bond donors (Lipinski definition) is 0. The fraction of sp³-hybridized carbons (Fsp3) is 0.524. The van der Waals surface area contributed by atoms with Crippen molar-refractivity contribution >= 4 is 15.7 Å². The summed E-state index contributed by atoms with van der Waals surface area (Å²) in [7, 11) is -1.24. The van der Waals surface area contributed by atoms with Crippen LogP contribution in [0.2, 0.25) is 0 Å². The topological polar surface area (TPSA) is 81.5 Å². The summed E-state index contributed by atoms with van der Waals surface area (Å²) >= 11 is 0. The second-order valence-corrected chi connectivity index (χ2v) is 10.1. The summed E-state index contributed by atoms with van der Waals surface area (Å²) < 4.78 is 31.2. The van der Waals surface area contributed by atoms with Crippen LogP contribution < -0.4 is 4.74 Å². The van der Waals surface area contributed by atoms with Gasteiger partial charge in [-0.15, -0.1) is 0 Å². The van der Waals surface area contributed by atoms with Crippen molar-refractivity contribution in [2.75, 3.05) is 25.2 Å². The molecule has 0 bridgehead atoms. The van der Waals surface area contributed by atoms with Crippen molar-refractivity contribution in [3.05, 3.63) is 46.3 Å². The molecule has 1 fully saturated rings. The highest BCUT2D eigenvalue weighted by Crippen LogP contribution is 2.27. The first-order valence-corrected chi connectivity index (χ1v) is 11.6. The zero-order valence-corrected chi connectivity index (χ0v) is 18.5. The average Bonchev–Trinajstić information content (AvgIpc) is 3.16. The van der Waals surface area contributed by atoms with Crippen molar-refractivity contribution in [2.24, 2.45) is 0 Å². The third kappa shape index (κ3) is 4.63. The predicted molar refractivity (Wildman–Crippen MR) is 112 cm³/mol. The van der Waals surface area contributed by atoms with Gasteiger partial charge in [0.25, 0.3) is 5.91 Å². The Hall–Kier alpha value is -2.35. The van der Waals surface area contributed by atoms with Gasteiger partial charge in [-0.1, -0.05) is 12.1 Å². The first-order valence-electron chi connectivity index (χ1n) is 9.77. The molecule has 1 aliphatic heterocycles. The zero-order chi connectivity index (χ0) is 21.3. The number of rotatable bonds is 6. The Kier molecular flexibility index (Phi) is 6.03. The van der Waals surface area contributed by atoms with E-state index in [-0.39, 0.29) is 30.1 Å². The van der Waals surface area contributed by atoms with Gasteiger partial charge in [-0.3, -0.25) is 9.48 Å². The lowest BCUT2D eigenvalue weighted by atomic mass is 10.1. The number of carbonyl (C=O) groups is 1. The van der Waals surface area contributed by atoms with Crippen LogP contribution in [-0.4, -0.2) is 54.2 Å². The molecule has 2 heterocycles. The van der Waals surface area contributed by atoms with Crippen molar-refractivity contribution in [2.45, 2.75) is 46.7 Å². The minimum Gasteiger partial charge on any atom is -0.483 e. The normalized spacial score (nSPS) is 18.0. The Morgan fingerprint density at radius 3 is 2.66 bits per heavy atom. The molecule has 1 atom stereocenters. The number of aromatic nitrogens is 2. The third-order valence-electron chi connectivity index (χ3n) is 5.76. The molecule has 158 valence electrons. The Morgan fingerprint density at radius 2 is 2.00 bits per heavy atom. The van der Waals surface area contributed by atoms with Crippen molar-refractivity contribution in [3.8, 4) is 5.75 Å². The fourth-order valence-electron chi connectivity index (χ4n) is 3.71. The molecule has 1 aromatic heterocycles. The Balaban J connectivity index is 1.66. The van der Waals surface area contributed by atoms with Gasteiger partial charge in [-0.05, 0) is 51.3 Å². The van der Waals surface area contributed by atoms with E-state index in [1.807, 2.05) is 50.6 Å². The number of ether oxygens (including phenoxy) is 1. The summed E-state index contributed by atoms with van der Waals surface area (Å²) in [5.74, 6) is 0.932. The minimum atomic E-state index is -2.98. The molecule has 2 aromatic rings. The van der Waals surface area contributed by atoms with Crippen LogP contribution >= 0.6 is 0 Å². The monoisotopic (exact) mass is 419 g/mol. The molecule has 0 spiro atoms. The molecule has 8 heteroatoms. The van der Waals surface area contributed by atoms with E-state index >= 15 is 0 Å². The van der Waals surface area contributed by atoms with Crippen LogP contribution in [0.5, 0.6) is 5.75 Å². The molecule has 0 unspecified atom stereocenters. The molecule has 0 aliphatic carbocycles. The van der Waals surface area contributed by atoms with E-state index in [9.17, 15) is 13.2 Å². The van der Waals surface area contributed by atoms with Gasteiger partial charge < -0.3 is 9.64 Å². The molecular formula is C21H29N3O4S. The van der Waals surface area contributed by atoms with E-state index in [1.165, 1.54) is 0 Å². The van der Waals surface area contributed by atoms with Crippen LogP contribution in [0, 0.1) is 27.7 Å². The Bertz CT molecular complexity index is 1030. The molecule has 1 saturated heterocycles. The standard InChI is InChI=1S/C21H29N3O4S/c1-14-7-6-8-20(15(14)2)28-12-21(25)23(5)11-19-16(3)22-24(17(19)4)18-9-10-29(26,27)13-18/h6-8,18H,9-13H2,1-5H3/t18-/m0/s1. The lowest BCUT2D eigenvalue weighted by molar-refractivity contribution is -0.132. The van der Waals surface area contributed by atoms with Crippen LogP contribution in [0.4, 0.5) is 0 Å². The van der Waals surface area contributed by atoms with E-state index in [4.69, 9.17) is 4.74 Å². The first-order chi connectivity index (χ1) is 13.6. The molecule has 1 amide bonds. The molecule has 0 radical (unpaired) electrons. The Labute approximate surface area is 172 Å².